The van der Waals surface area contributed by atoms with Crippen LogP contribution in [0.4, 0.5) is 0 Å². The van der Waals surface area contributed by atoms with Crippen LogP contribution in [0.15, 0.2) is 72.8 Å². The lowest BCUT2D eigenvalue weighted by atomic mass is 10.1. The second kappa shape index (κ2) is 18.0. The fourth-order valence-electron chi connectivity index (χ4n) is 5.63. The van der Waals surface area contributed by atoms with Crippen molar-refractivity contribution in [1.82, 2.24) is 14.7 Å². The molecule has 4 aromatic carbocycles. The lowest BCUT2D eigenvalue weighted by molar-refractivity contribution is -0.137. The Labute approximate surface area is 313 Å². The van der Waals surface area contributed by atoms with E-state index in [0.29, 0.717) is 4.90 Å². The van der Waals surface area contributed by atoms with Crippen LogP contribution >= 0.6 is 0 Å². The lowest BCUT2D eigenvalue weighted by Crippen LogP contribution is -2.40. The van der Waals surface area contributed by atoms with E-state index in [1.165, 1.54) is 52.3 Å². The highest BCUT2D eigenvalue weighted by Gasteiger charge is 2.30. The molecule has 0 aliphatic carbocycles. The Morgan fingerprint density at radius 2 is 0.709 bits per heavy atom. The van der Waals surface area contributed by atoms with Gasteiger partial charge in [0.2, 0.25) is 0 Å². The molecule has 0 fully saturated rings. The first kappa shape index (κ1) is 40.6. The van der Waals surface area contributed by atoms with Crippen LogP contribution in [0.5, 0.6) is 46.0 Å². The number of phenols is 8. The summed E-state index contributed by atoms with van der Waals surface area (Å²) in [6.07, 6.45) is -0.217. The highest BCUT2D eigenvalue weighted by Crippen LogP contribution is 2.33. The van der Waals surface area contributed by atoms with E-state index in [-0.39, 0.29) is 56.6 Å². The summed E-state index contributed by atoms with van der Waals surface area (Å²) < 4.78 is 0. The topological polar surface area (TPSA) is 277 Å². The minimum Gasteiger partial charge on any atom is -0.504 e. The molecule has 4 aromatic rings. The van der Waals surface area contributed by atoms with Crippen LogP contribution in [0, 0.1) is 0 Å². The summed E-state index contributed by atoms with van der Waals surface area (Å²) in [5.41, 5.74) is -1.47. The number of para-hydroxylation sites is 4. The van der Waals surface area contributed by atoms with Crippen LogP contribution in [0.25, 0.3) is 0 Å². The molecule has 0 unspecified atom stereocenters. The third-order valence-electron chi connectivity index (χ3n) is 8.56. The number of imide groups is 1. The Morgan fingerprint density at radius 1 is 0.400 bits per heavy atom. The van der Waals surface area contributed by atoms with Crippen molar-refractivity contribution in [1.29, 1.82) is 0 Å². The number of hydrogen-bond acceptors (Lipinski definition) is 13. The maximum atomic E-state index is 13.7. The van der Waals surface area contributed by atoms with Crippen LogP contribution < -0.4 is 0 Å². The van der Waals surface area contributed by atoms with Gasteiger partial charge in [-0.2, -0.15) is 0 Å². The number of amides is 4. The third kappa shape index (κ3) is 9.64. The van der Waals surface area contributed by atoms with Crippen molar-refractivity contribution in [2.24, 2.45) is 0 Å². The molecule has 290 valence electrons. The summed E-state index contributed by atoms with van der Waals surface area (Å²) in [7, 11) is 0. The molecule has 0 bridgehead atoms. The van der Waals surface area contributed by atoms with Crippen molar-refractivity contribution < 1.29 is 69.9 Å². The molecule has 0 heterocycles. The third-order valence-corrected chi connectivity index (χ3v) is 8.56. The van der Waals surface area contributed by atoms with Gasteiger partial charge in [-0.15, -0.1) is 0 Å². The molecule has 55 heavy (non-hydrogen) atoms. The molecule has 0 saturated carbocycles. The number of carboxylic acid groups (broad SMARTS) is 1. The Hall–Kier alpha value is -7.17. The molecule has 0 aromatic heterocycles. The predicted octanol–water partition coefficient (Wildman–Crippen LogP) is 3.54. The van der Waals surface area contributed by atoms with Crippen LogP contribution in [0.1, 0.15) is 67.1 Å². The number of carbonyl (C=O) groups is 5. The number of phenolic OH excluding ortho intramolecular Hbond substituents is 8. The number of rotatable bonds is 16. The number of unbranched alkanes of at least 4 members (excludes halogenated alkanes) is 1. The van der Waals surface area contributed by atoms with Crippen molar-refractivity contribution in [3.05, 3.63) is 95.1 Å². The molecule has 0 aliphatic rings. The Morgan fingerprint density at radius 3 is 1.05 bits per heavy atom. The maximum Gasteiger partial charge on any atom is 0.305 e. The number of nitrogens with zero attached hydrogens (tertiary/aromatic N) is 3. The quantitative estimate of drug-likeness (QED) is 0.0449. The second-order valence-corrected chi connectivity index (χ2v) is 12.2. The van der Waals surface area contributed by atoms with Crippen molar-refractivity contribution in [2.45, 2.75) is 25.7 Å². The molecule has 9 N–H and O–H groups in total. The SMILES string of the molecule is O=C(O)CCN(CCCCN(CCCN(C(=O)c1cccc(O)c1O)C(=O)c1cccc(O)c1O)C(=O)c1cccc(O)c1O)C(=O)c1cccc(O)c1O. The monoisotopic (exact) mass is 761 g/mol. The Kier molecular flexibility index (Phi) is 13.3. The number of benzene rings is 4. The van der Waals surface area contributed by atoms with Crippen LogP contribution in [-0.2, 0) is 4.79 Å². The van der Waals surface area contributed by atoms with Gasteiger partial charge in [0, 0.05) is 32.7 Å². The van der Waals surface area contributed by atoms with Gasteiger partial charge >= 0.3 is 5.97 Å². The second-order valence-electron chi connectivity index (χ2n) is 12.2. The predicted molar refractivity (Wildman–Crippen MR) is 192 cm³/mol. The molecular weight excluding hydrogens is 722 g/mol. The minimum absolute atomic E-state index is 0.0434. The van der Waals surface area contributed by atoms with E-state index in [1.807, 2.05) is 0 Å². The zero-order valence-electron chi connectivity index (χ0n) is 29.2. The fraction of sp³-hybridized carbons (Fsp3) is 0.237. The van der Waals surface area contributed by atoms with E-state index in [9.17, 15) is 69.9 Å². The summed E-state index contributed by atoms with van der Waals surface area (Å²) in [5.74, 6) is -10.3. The van der Waals surface area contributed by atoms with Crippen molar-refractivity contribution >= 4 is 29.6 Å². The largest absolute Gasteiger partial charge is 0.504 e. The molecule has 0 radical (unpaired) electrons. The maximum absolute atomic E-state index is 13.7. The van der Waals surface area contributed by atoms with Gasteiger partial charge < -0.3 is 55.8 Å². The smallest absolute Gasteiger partial charge is 0.305 e. The number of carbonyl (C=O) groups excluding carboxylic acids is 4. The summed E-state index contributed by atoms with van der Waals surface area (Å²) in [5, 5.41) is 90.7. The Bertz CT molecular complexity index is 2020. The zero-order chi connectivity index (χ0) is 40.4. The Balaban J connectivity index is 1.57. The van der Waals surface area contributed by atoms with Gasteiger partial charge in [-0.05, 0) is 67.8 Å². The van der Waals surface area contributed by atoms with Crippen LogP contribution in [-0.4, -0.2) is 123 Å². The minimum atomic E-state index is -1.19. The average molecular weight is 762 g/mol. The molecule has 0 saturated heterocycles. The summed E-state index contributed by atoms with van der Waals surface area (Å²) in [6, 6.07) is 14.5. The lowest BCUT2D eigenvalue weighted by Gasteiger charge is -2.27. The first-order chi connectivity index (χ1) is 26.1. The van der Waals surface area contributed by atoms with Gasteiger partial charge in [-0.3, -0.25) is 28.9 Å². The highest BCUT2D eigenvalue weighted by molar-refractivity contribution is 6.12. The molecule has 0 aliphatic heterocycles. The van der Waals surface area contributed by atoms with E-state index < -0.39 is 99.7 Å². The normalized spacial score (nSPS) is 10.8. The van der Waals surface area contributed by atoms with Crippen molar-refractivity contribution in [3.63, 3.8) is 0 Å². The number of carboxylic acids is 1. The summed E-state index contributed by atoms with van der Waals surface area (Å²) in [6.45, 7) is -0.984. The van der Waals surface area contributed by atoms with Gasteiger partial charge in [0.1, 0.15) is 0 Å². The summed E-state index contributed by atoms with van der Waals surface area (Å²) in [4.78, 5) is 68.7. The molecule has 4 amide bonds. The summed E-state index contributed by atoms with van der Waals surface area (Å²) >= 11 is 0. The molecule has 0 atom stereocenters. The van der Waals surface area contributed by atoms with Crippen LogP contribution in [0.2, 0.25) is 0 Å². The van der Waals surface area contributed by atoms with Gasteiger partial charge in [0.15, 0.2) is 46.0 Å². The standard InChI is InChI=1S/C38H39N3O14/c42-26-12-3-8-22(31(26)48)35(52)39(17-1-2-18-40(21-16-30(46)47)36(53)23-9-4-13-27(43)32(23)49)19-7-20-41(37(54)24-10-5-14-28(44)33(24)50)38(55)25-11-6-15-29(45)34(25)51/h3-6,8-15,42-45,48-51H,1-2,7,16-21H2,(H,46,47). The van der Waals surface area contributed by atoms with Gasteiger partial charge in [-0.25, -0.2) is 0 Å². The number of aromatic hydroxyl groups is 8. The van der Waals surface area contributed by atoms with Crippen LogP contribution in [0.3, 0.4) is 0 Å². The average Bonchev–Trinajstić information content (AvgIpc) is 3.15. The van der Waals surface area contributed by atoms with E-state index >= 15 is 0 Å². The first-order valence-corrected chi connectivity index (χ1v) is 16.8. The number of hydrogen-bond donors (Lipinski definition) is 9. The molecule has 4 rings (SSSR count). The number of aliphatic carboxylic acids is 1. The first-order valence-electron chi connectivity index (χ1n) is 16.8. The van der Waals surface area contributed by atoms with E-state index in [2.05, 4.69) is 0 Å². The molecule has 17 nitrogen and oxygen atoms in total. The highest BCUT2D eigenvalue weighted by atomic mass is 16.4. The van der Waals surface area contributed by atoms with Gasteiger partial charge in [-0.1, -0.05) is 24.3 Å². The molecular formula is C38H39N3O14. The fourth-order valence-corrected chi connectivity index (χ4v) is 5.63. The van der Waals surface area contributed by atoms with E-state index in [1.54, 1.807) is 0 Å². The van der Waals surface area contributed by atoms with E-state index in [4.69, 9.17) is 0 Å². The van der Waals surface area contributed by atoms with E-state index in [0.717, 1.165) is 30.3 Å². The zero-order valence-corrected chi connectivity index (χ0v) is 29.2. The van der Waals surface area contributed by atoms with Gasteiger partial charge in [0.05, 0.1) is 28.7 Å². The van der Waals surface area contributed by atoms with Crippen molar-refractivity contribution in [3.8, 4) is 46.0 Å². The van der Waals surface area contributed by atoms with Gasteiger partial charge in [0.25, 0.3) is 23.6 Å². The molecule has 0 spiro atoms. The molecule has 17 heteroatoms. The van der Waals surface area contributed by atoms with Crippen molar-refractivity contribution in [2.75, 3.05) is 32.7 Å².